The minimum absolute atomic E-state index is 0.0228. The number of rotatable bonds is 0. The number of esters is 1. The molecule has 0 aromatic heterocycles. The first-order valence-corrected chi connectivity index (χ1v) is 2.92. The molecule has 1 heterocycles. The van der Waals surface area contributed by atoms with Crippen LogP contribution >= 0.6 is 0 Å². The van der Waals surface area contributed by atoms with Crippen LogP contribution in [0.5, 0.6) is 0 Å². The molecule has 0 aromatic carbocycles. The van der Waals surface area contributed by atoms with E-state index in [1.807, 2.05) is 0 Å². The first-order valence-electron chi connectivity index (χ1n) is 2.92. The fourth-order valence-electron chi connectivity index (χ4n) is 0.750. The molecule has 0 aliphatic carbocycles. The second kappa shape index (κ2) is 2.17. The zero-order valence-corrected chi connectivity index (χ0v) is 5.22. The van der Waals surface area contributed by atoms with Crippen molar-refractivity contribution in [3.8, 4) is 0 Å². The molecule has 3 nitrogen and oxygen atoms in total. The molecular weight excluding hydrogens is 120 g/mol. The van der Waals surface area contributed by atoms with Crippen LogP contribution in [0.4, 0.5) is 0 Å². The van der Waals surface area contributed by atoms with Gasteiger partial charge in [0.25, 0.3) is 0 Å². The molecule has 1 atom stereocenters. The van der Waals surface area contributed by atoms with Gasteiger partial charge in [0.15, 0.2) is 11.9 Å². The van der Waals surface area contributed by atoms with Crippen molar-refractivity contribution >= 4 is 11.8 Å². The van der Waals surface area contributed by atoms with E-state index >= 15 is 0 Å². The van der Waals surface area contributed by atoms with Gasteiger partial charge in [0.2, 0.25) is 0 Å². The maximum Gasteiger partial charge on any atom is 0.306 e. The third kappa shape index (κ3) is 1.28. The average molecular weight is 128 g/mol. The summed E-state index contributed by atoms with van der Waals surface area (Å²) >= 11 is 0. The van der Waals surface area contributed by atoms with Crippen LogP contribution in [0.2, 0.25) is 0 Å². The Morgan fingerprint density at radius 2 is 2.11 bits per heavy atom. The van der Waals surface area contributed by atoms with Crippen LogP contribution in [0, 0.1) is 0 Å². The maximum atomic E-state index is 10.7. The quantitative estimate of drug-likeness (QED) is 0.440. The Balaban J connectivity index is 2.54. The van der Waals surface area contributed by atoms with Crippen LogP contribution in [0.1, 0.15) is 19.8 Å². The fourth-order valence-corrected chi connectivity index (χ4v) is 0.750. The molecule has 0 spiro atoms. The Labute approximate surface area is 53.0 Å². The number of carbonyl (C=O) groups is 2. The monoisotopic (exact) mass is 128 g/mol. The van der Waals surface area contributed by atoms with Gasteiger partial charge in [-0.2, -0.15) is 0 Å². The number of cyclic esters (lactones) is 1. The Kier molecular flexibility index (Phi) is 1.51. The molecule has 0 amide bonds. The molecule has 0 aromatic rings. The third-order valence-corrected chi connectivity index (χ3v) is 1.34. The van der Waals surface area contributed by atoms with Gasteiger partial charge in [-0.15, -0.1) is 0 Å². The molecule has 1 fully saturated rings. The minimum Gasteiger partial charge on any atom is -0.455 e. The van der Waals surface area contributed by atoms with Crippen molar-refractivity contribution in [2.75, 3.05) is 0 Å². The summed E-state index contributed by atoms with van der Waals surface area (Å²) in [5.41, 5.74) is 0. The predicted molar refractivity (Wildman–Crippen MR) is 29.8 cm³/mol. The molecule has 0 bridgehead atoms. The second-order valence-corrected chi connectivity index (χ2v) is 2.10. The van der Waals surface area contributed by atoms with Crippen LogP contribution in [-0.2, 0) is 14.3 Å². The van der Waals surface area contributed by atoms with Gasteiger partial charge in [0.1, 0.15) is 0 Å². The number of Topliss-reactive ketones (excluding diaryl/α,β-unsaturated/α-hetero) is 1. The van der Waals surface area contributed by atoms with Crippen LogP contribution in [0.3, 0.4) is 0 Å². The lowest BCUT2D eigenvalue weighted by Gasteiger charge is -2.16. The van der Waals surface area contributed by atoms with Gasteiger partial charge in [-0.25, -0.2) is 0 Å². The first-order chi connectivity index (χ1) is 4.20. The molecule has 0 unspecified atom stereocenters. The first kappa shape index (κ1) is 6.26. The summed E-state index contributed by atoms with van der Waals surface area (Å²) < 4.78 is 4.61. The number of hydrogen-bond donors (Lipinski definition) is 0. The molecule has 9 heavy (non-hydrogen) atoms. The average Bonchev–Trinajstić information content (AvgIpc) is 1.80. The van der Waals surface area contributed by atoms with Crippen molar-refractivity contribution in [2.24, 2.45) is 0 Å². The van der Waals surface area contributed by atoms with Crippen molar-refractivity contribution in [1.29, 1.82) is 0 Å². The normalized spacial score (nSPS) is 27.9. The lowest BCUT2D eigenvalue weighted by molar-refractivity contribution is -0.159. The fraction of sp³-hybridized carbons (Fsp3) is 0.667. The zero-order valence-electron chi connectivity index (χ0n) is 5.22. The van der Waals surface area contributed by atoms with Gasteiger partial charge < -0.3 is 4.74 Å². The molecule has 0 saturated carbocycles. The van der Waals surface area contributed by atoms with E-state index in [9.17, 15) is 9.59 Å². The van der Waals surface area contributed by atoms with Gasteiger partial charge in [-0.05, 0) is 6.92 Å². The Morgan fingerprint density at radius 1 is 1.44 bits per heavy atom. The van der Waals surface area contributed by atoms with Gasteiger partial charge in [0, 0.05) is 6.42 Å². The van der Waals surface area contributed by atoms with E-state index in [0.717, 1.165) is 0 Å². The number of ether oxygens (including phenoxy) is 1. The largest absolute Gasteiger partial charge is 0.455 e. The SMILES string of the molecule is C[C@H]1OC(=O)CCC1=O. The van der Waals surface area contributed by atoms with E-state index in [1.165, 1.54) is 0 Å². The van der Waals surface area contributed by atoms with Gasteiger partial charge in [0.05, 0.1) is 6.42 Å². The smallest absolute Gasteiger partial charge is 0.306 e. The third-order valence-electron chi connectivity index (χ3n) is 1.34. The van der Waals surface area contributed by atoms with E-state index in [1.54, 1.807) is 6.92 Å². The molecule has 1 aliphatic heterocycles. The zero-order chi connectivity index (χ0) is 6.85. The van der Waals surface area contributed by atoms with E-state index in [-0.39, 0.29) is 18.2 Å². The number of carbonyl (C=O) groups excluding carboxylic acids is 2. The molecular formula is C6H8O3. The second-order valence-electron chi connectivity index (χ2n) is 2.10. The number of ketones is 1. The van der Waals surface area contributed by atoms with Gasteiger partial charge >= 0.3 is 5.97 Å². The Hall–Kier alpha value is -0.860. The molecule has 3 heteroatoms. The Bertz CT molecular complexity index is 150. The van der Waals surface area contributed by atoms with Crippen molar-refractivity contribution in [3.63, 3.8) is 0 Å². The maximum absolute atomic E-state index is 10.7. The summed E-state index contributed by atoms with van der Waals surface area (Å²) in [6.07, 6.45) is 0.0923. The van der Waals surface area contributed by atoms with E-state index < -0.39 is 6.10 Å². The summed E-state index contributed by atoms with van der Waals surface area (Å²) in [5, 5.41) is 0. The Morgan fingerprint density at radius 3 is 2.56 bits per heavy atom. The van der Waals surface area contributed by atoms with E-state index in [2.05, 4.69) is 4.74 Å². The standard InChI is InChI=1S/C6H8O3/c1-4-5(7)2-3-6(8)9-4/h4H,2-3H2,1H3/t4-/m1/s1. The van der Waals surface area contributed by atoms with Crippen molar-refractivity contribution in [1.82, 2.24) is 0 Å². The highest BCUT2D eigenvalue weighted by molar-refractivity contribution is 5.90. The summed E-state index contributed by atoms with van der Waals surface area (Å²) in [5.74, 6) is -0.239. The van der Waals surface area contributed by atoms with Gasteiger partial charge in [-0.3, -0.25) is 9.59 Å². The van der Waals surface area contributed by atoms with Crippen molar-refractivity contribution in [3.05, 3.63) is 0 Å². The molecule has 1 rings (SSSR count). The van der Waals surface area contributed by atoms with E-state index in [4.69, 9.17) is 0 Å². The van der Waals surface area contributed by atoms with Crippen molar-refractivity contribution in [2.45, 2.75) is 25.9 Å². The van der Waals surface area contributed by atoms with Crippen LogP contribution in [-0.4, -0.2) is 17.9 Å². The summed E-state index contributed by atoms with van der Waals surface area (Å²) in [7, 11) is 0. The topological polar surface area (TPSA) is 43.4 Å². The lowest BCUT2D eigenvalue weighted by atomic mass is 10.1. The predicted octanol–water partition coefficient (Wildman–Crippen LogP) is 0.281. The highest BCUT2D eigenvalue weighted by Crippen LogP contribution is 2.08. The van der Waals surface area contributed by atoms with Crippen LogP contribution in [0.15, 0.2) is 0 Å². The molecule has 0 N–H and O–H groups in total. The lowest BCUT2D eigenvalue weighted by Crippen LogP contribution is -2.29. The minimum atomic E-state index is -0.508. The highest BCUT2D eigenvalue weighted by atomic mass is 16.5. The molecule has 0 radical (unpaired) electrons. The van der Waals surface area contributed by atoms with E-state index in [0.29, 0.717) is 6.42 Å². The van der Waals surface area contributed by atoms with Crippen LogP contribution in [0.25, 0.3) is 0 Å². The number of hydrogen-bond acceptors (Lipinski definition) is 3. The molecule has 1 saturated heterocycles. The summed E-state index contributed by atoms with van der Waals surface area (Å²) in [4.78, 5) is 21.1. The van der Waals surface area contributed by atoms with Gasteiger partial charge in [-0.1, -0.05) is 0 Å². The molecule has 50 valence electrons. The van der Waals surface area contributed by atoms with Crippen LogP contribution < -0.4 is 0 Å². The van der Waals surface area contributed by atoms with Crippen molar-refractivity contribution < 1.29 is 14.3 Å². The summed E-state index contributed by atoms with van der Waals surface area (Å²) in [6, 6.07) is 0. The molecule has 1 aliphatic rings. The summed E-state index contributed by atoms with van der Waals surface area (Å²) in [6.45, 7) is 1.60. The highest BCUT2D eigenvalue weighted by Gasteiger charge is 2.23.